The first-order chi connectivity index (χ1) is 15.0. The van der Waals surface area contributed by atoms with E-state index in [2.05, 4.69) is 44.8 Å². The minimum absolute atomic E-state index is 0. The molecule has 1 aromatic heterocycles. The fraction of sp³-hybridized carbons (Fsp3) is 0.500. The summed E-state index contributed by atoms with van der Waals surface area (Å²) in [5.74, 6) is 0.631. The predicted molar refractivity (Wildman–Crippen MR) is 137 cm³/mol. The smallest absolute Gasteiger partial charge is 0.246 e. The molecule has 0 unspecified atom stereocenters. The van der Waals surface area contributed by atoms with Gasteiger partial charge in [-0.1, -0.05) is 12.1 Å². The van der Waals surface area contributed by atoms with E-state index in [1.165, 1.54) is 0 Å². The summed E-state index contributed by atoms with van der Waals surface area (Å²) in [5, 5.41) is 13.7. The van der Waals surface area contributed by atoms with Crippen LogP contribution in [0.4, 0.5) is 5.69 Å². The molecule has 3 N–H and O–H groups in total. The van der Waals surface area contributed by atoms with Crippen LogP contribution >= 0.6 is 24.0 Å². The average molecular weight is 555 g/mol. The lowest BCUT2D eigenvalue weighted by Gasteiger charge is -2.41. The Morgan fingerprint density at radius 1 is 1.22 bits per heavy atom. The minimum atomic E-state index is -0.114. The van der Waals surface area contributed by atoms with E-state index in [1.807, 2.05) is 24.3 Å². The number of aromatic nitrogens is 2. The Morgan fingerprint density at radius 2 is 2.00 bits per heavy atom. The van der Waals surface area contributed by atoms with Crippen LogP contribution in [0.5, 0.6) is 0 Å². The molecule has 10 heteroatoms. The number of aliphatic imine (C=N–C) groups is 1. The highest BCUT2D eigenvalue weighted by molar-refractivity contribution is 14.0. The van der Waals surface area contributed by atoms with Crippen LogP contribution < -0.4 is 16.0 Å². The van der Waals surface area contributed by atoms with Gasteiger partial charge < -0.3 is 20.7 Å². The molecule has 0 bridgehead atoms. The van der Waals surface area contributed by atoms with Crippen molar-refractivity contribution in [3.63, 3.8) is 0 Å². The first-order valence-corrected chi connectivity index (χ1v) is 10.6. The maximum Gasteiger partial charge on any atom is 0.246 e. The number of hydrogen-bond acceptors (Lipinski definition) is 5. The van der Waals surface area contributed by atoms with Crippen molar-refractivity contribution in [2.75, 3.05) is 45.2 Å². The number of ether oxygens (including phenoxy) is 1. The standard InChI is InChI=1S/C22H33N7O2.HI/c1-22(2,28-10-12-31-13-11-28)17-25-21(23-3)24-15-18-6-4-7-19(14-18)27-20(30)16-29-9-5-8-26-29;/h4-9,14H,10-13,15-17H2,1-3H3,(H,27,30)(H2,23,24,25);1H. The molecule has 3 rings (SSSR count). The fourth-order valence-corrected chi connectivity index (χ4v) is 3.49. The van der Waals surface area contributed by atoms with E-state index in [1.54, 1.807) is 30.2 Å². The number of benzene rings is 1. The normalized spacial score (nSPS) is 15.0. The van der Waals surface area contributed by atoms with Gasteiger partial charge in [0.25, 0.3) is 0 Å². The SMILES string of the molecule is CN=C(NCc1cccc(NC(=O)Cn2cccn2)c1)NCC(C)(C)N1CCOCC1.I. The second-order valence-electron chi connectivity index (χ2n) is 8.14. The van der Waals surface area contributed by atoms with Gasteiger partial charge in [0.2, 0.25) is 5.91 Å². The molecule has 1 saturated heterocycles. The number of halogens is 1. The van der Waals surface area contributed by atoms with E-state index in [-0.39, 0.29) is 42.0 Å². The van der Waals surface area contributed by atoms with Gasteiger partial charge in [-0.3, -0.25) is 19.4 Å². The summed E-state index contributed by atoms with van der Waals surface area (Å²) >= 11 is 0. The Labute approximate surface area is 207 Å². The molecular weight excluding hydrogens is 521 g/mol. The number of amides is 1. The van der Waals surface area contributed by atoms with Crippen LogP contribution in [0.2, 0.25) is 0 Å². The number of hydrogen-bond donors (Lipinski definition) is 3. The summed E-state index contributed by atoms with van der Waals surface area (Å²) < 4.78 is 7.05. The highest BCUT2D eigenvalue weighted by atomic mass is 127. The highest BCUT2D eigenvalue weighted by Crippen LogP contribution is 2.15. The molecule has 2 aromatic rings. The van der Waals surface area contributed by atoms with Gasteiger partial charge >= 0.3 is 0 Å². The molecule has 1 aliphatic rings. The van der Waals surface area contributed by atoms with Crippen molar-refractivity contribution in [3.05, 3.63) is 48.3 Å². The molecule has 0 radical (unpaired) electrons. The van der Waals surface area contributed by atoms with Gasteiger partial charge in [0.1, 0.15) is 6.54 Å². The quantitative estimate of drug-likeness (QED) is 0.262. The summed E-state index contributed by atoms with van der Waals surface area (Å²) in [6, 6.07) is 9.57. The van der Waals surface area contributed by atoms with Crippen molar-refractivity contribution in [1.29, 1.82) is 0 Å². The maximum atomic E-state index is 12.2. The predicted octanol–water partition coefficient (Wildman–Crippen LogP) is 1.92. The first kappa shape index (κ1) is 26.1. The summed E-state index contributed by atoms with van der Waals surface area (Å²) in [7, 11) is 1.77. The van der Waals surface area contributed by atoms with Crippen LogP contribution in [0.15, 0.2) is 47.7 Å². The van der Waals surface area contributed by atoms with Gasteiger partial charge in [0, 0.05) is 56.8 Å². The Hall–Kier alpha value is -2.18. The zero-order chi connectivity index (χ0) is 22.1. The number of carbonyl (C=O) groups excluding carboxylic acids is 1. The Kier molecular flexibility index (Phi) is 10.4. The number of carbonyl (C=O) groups is 1. The molecule has 1 aliphatic heterocycles. The van der Waals surface area contributed by atoms with E-state index in [4.69, 9.17) is 4.74 Å². The van der Waals surface area contributed by atoms with Crippen LogP contribution in [-0.4, -0.2) is 72.0 Å². The van der Waals surface area contributed by atoms with Gasteiger partial charge in [-0.15, -0.1) is 24.0 Å². The van der Waals surface area contributed by atoms with E-state index < -0.39 is 0 Å². The number of nitrogens with one attached hydrogen (secondary N) is 3. The van der Waals surface area contributed by atoms with Gasteiger partial charge in [-0.2, -0.15) is 5.10 Å². The fourth-order valence-electron chi connectivity index (χ4n) is 3.49. The van der Waals surface area contributed by atoms with Crippen molar-refractivity contribution < 1.29 is 9.53 Å². The van der Waals surface area contributed by atoms with Crippen molar-refractivity contribution in [1.82, 2.24) is 25.3 Å². The lowest BCUT2D eigenvalue weighted by molar-refractivity contribution is -0.116. The molecular formula is C22H34IN7O2. The topological polar surface area (TPSA) is 95.8 Å². The second kappa shape index (κ2) is 12.8. The largest absolute Gasteiger partial charge is 0.379 e. The molecule has 1 amide bonds. The molecule has 1 fully saturated rings. The lowest BCUT2D eigenvalue weighted by atomic mass is 10.0. The third kappa shape index (κ3) is 8.06. The van der Waals surface area contributed by atoms with Gasteiger partial charge in [-0.25, -0.2) is 0 Å². The molecule has 9 nitrogen and oxygen atoms in total. The monoisotopic (exact) mass is 555 g/mol. The molecule has 0 aliphatic carbocycles. The third-order valence-corrected chi connectivity index (χ3v) is 5.31. The van der Waals surface area contributed by atoms with Crippen molar-refractivity contribution in [2.24, 2.45) is 4.99 Å². The van der Waals surface area contributed by atoms with Gasteiger partial charge in [0.15, 0.2) is 5.96 Å². The minimum Gasteiger partial charge on any atom is -0.379 e. The summed E-state index contributed by atoms with van der Waals surface area (Å²) in [6.07, 6.45) is 3.42. The van der Waals surface area contributed by atoms with Crippen molar-refractivity contribution in [3.8, 4) is 0 Å². The molecule has 1 aromatic carbocycles. The second-order valence-corrected chi connectivity index (χ2v) is 8.14. The summed E-state index contributed by atoms with van der Waals surface area (Å²) in [6.45, 7) is 9.47. The van der Waals surface area contributed by atoms with E-state index in [9.17, 15) is 4.79 Å². The van der Waals surface area contributed by atoms with E-state index in [0.29, 0.717) is 6.54 Å². The van der Waals surface area contributed by atoms with E-state index >= 15 is 0 Å². The Bertz CT molecular complexity index is 865. The summed E-state index contributed by atoms with van der Waals surface area (Å²) in [4.78, 5) is 19.0. The molecule has 176 valence electrons. The molecule has 2 heterocycles. The van der Waals surface area contributed by atoms with Gasteiger partial charge in [0.05, 0.1) is 13.2 Å². The van der Waals surface area contributed by atoms with E-state index in [0.717, 1.165) is 50.1 Å². The maximum absolute atomic E-state index is 12.2. The number of rotatable bonds is 8. The zero-order valence-corrected chi connectivity index (χ0v) is 21.3. The van der Waals surface area contributed by atoms with Crippen LogP contribution in [0.3, 0.4) is 0 Å². The molecule has 0 atom stereocenters. The molecule has 32 heavy (non-hydrogen) atoms. The number of anilines is 1. The highest BCUT2D eigenvalue weighted by Gasteiger charge is 2.28. The Morgan fingerprint density at radius 3 is 2.69 bits per heavy atom. The van der Waals surface area contributed by atoms with Crippen LogP contribution in [-0.2, 0) is 22.6 Å². The van der Waals surface area contributed by atoms with Crippen molar-refractivity contribution >= 4 is 41.5 Å². The number of morpholine rings is 1. The average Bonchev–Trinajstić information content (AvgIpc) is 3.27. The first-order valence-electron chi connectivity index (χ1n) is 10.6. The lowest BCUT2D eigenvalue weighted by Crippen LogP contribution is -2.56. The van der Waals surface area contributed by atoms with Crippen LogP contribution in [0.25, 0.3) is 0 Å². The van der Waals surface area contributed by atoms with Gasteiger partial charge in [-0.05, 0) is 37.6 Å². The number of guanidine groups is 1. The van der Waals surface area contributed by atoms with Crippen LogP contribution in [0.1, 0.15) is 19.4 Å². The molecule has 0 spiro atoms. The Balaban J connectivity index is 0.00000363. The zero-order valence-electron chi connectivity index (χ0n) is 19.0. The summed E-state index contributed by atoms with van der Waals surface area (Å²) in [5.41, 5.74) is 1.81. The molecule has 0 saturated carbocycles. The van der Waals surface area contributed by atoms with Crippen LogP contribution in [0, 0.1) is 0 Å². The number of nitrogens with zero attached hydrogens (tertiary/aromatic N) is 4. The van der Waals surface area contributed by atoms with Crippen molar-refractivity contribution in [2.45, 2.75) is 32.5 Å². The third-order valence-electron chi connectivity index (χ3n) is 5.31.